The van der Waals surface area contributed by atoms with Crippen molar-refractivity contribution in [2.75, 3.05) is 5.32 Å². The van der Waals surface area contributed by atoms with Gasteiger partial charge < -0.3 is 10.4 Å². The normalized spacial score (nSPS) is 14.8. The van der Waals surface area contributed by atoms with Crippen LogP contribution in [-0.4, -0.2) is 25.3 Å². The van der Waals surface area contributed by atoms with Crippen LogP contribution in [0.1, 0.15) is 30.0 Å². The second-order valence-corrected chi connectivity index (χ2v) is 4.99. The predicted octanol–water partition coefficient (Wildman–Crippen LogP) is 2.08. The number of nitrogens with zero attached hydrogens (tertiary/aromatic N) is 3. The van der Waals surface area contributed by atoms with Gasteiger partial charge in [-0.15, -0.1) is 0 Å². The summed E-state index contributed by atoms with van der Waals surface area (Å²) >= 11 is 3.21. The molecule has 94 valence electrons. The maximum absolute atomic E-state index is 9.23. The largest absolute Gasteiger partial charge is 0.391 e. The van der Waals surface area contributed by atoms with Gasteiger partial charge in [0, 0.05) is 29.4 Å². The Morgan fingerprint density at radius 3 is 3.06 bits per heavy atom. The first kappa shape index (κ1) is 11.6. The molecule has 18 heavy (non-hydrogen) atoms. The Labute approximate surface area is 112 Å². The van der Waals surface area contributed by atoms with E-state index in [9.17, 15) is 5.11 Å². The van der Waals surface area contributed by atoms with Crippen LogP contribution in [0.5, 0.6) is 0 Å². The van der Waals surface area contributed by atoms with E-state index >= 15 is 0 Å². The molecule has 7 heteroatoms. The van der Waals surface area contributed by atoms with Crippen LogP contribution in [0.3, 0.4) is 0 Å². The van der Waals surface area contributed by atoms with Gasteiger partial charge in [-0.3, -0.25) is 5.10 Å². The molecule has 0 radical (unpaired) electrons. The van der Waals surface area contributed by atoms with E-state index in [4.69, 9.17) is 0 Å². The van der Waals surface area contributed by atoms with Crippen LogP contribution in [0.25, 0.3) is 0 Å². The fraction of sp³-hybridized carbons (Fsp3) is 0.364. The number of aliphatic hydroxyl groups is 1. The molecule has 2 aromatic rings. The standard InChI is InChI=1S/C11H12BrN5O/c12-11-13-4-7(5-18)10(15-11)14-9-3-8(16-17-9)6-1-2-6/h3-4,6,18H,1-2,5H2,(H2,13,14,15,16,17). The molecule has 2 heterocycles. The van der Waals surface area contributed by atoms with Crippen molar-refractivity contribution in [2.45, 2.75) is 25.4 Å². The highest BCUT2D eigenvalue weighted by molar-refractivity contribution is 9.10. The Hall–Kier alpha value is -1.47. The lowest BCUT2D eigenvalue weighted by molar-refractivity contribution is 0.281. The Bertz CT molecular complexity index is 566. The van der Waals surface area contributed by atoms with Crippen LogP contribution >= 0.6 is 15.9 Å². The molecule has 1 fully saturated rings. The summed E-state index contributed by atoms with van der Waals surface area (Å²) in [4.78, 5) is 8.16. The van der Waals surface area contributed by atoms with Crippen molar-refractivity contribution in [2.24, 2.45) is 0 Å². The molecule has 1 aliphatic carbocycles. The van der Waals surface area contributed by atoms with Gasteiger partial charge in [0.1, 0.15) is 5.82 Å². The number of hydrogen-bond acceptors (Lipinski definition) is 5. The Morgan fingerprint density at radius 1 is 1.50 bits per heavy atom. The average molecular weight is 310 g/mol. The lowest BCUT2D eigenvalue weighted by atomic mass is 10.3. The number of nitrogens with one attached hydrogen (secondary N) is 2. The van der Waals surface area contributed by atoms with Crippen molar-refractivity contribution in [3.8, 4) is 0 Å². The summed E-state index contributed by atoms with van der Waals surface area (Å²) in [5.74, 6) is 1.90. The van der Waals surface area contributed by atoms with E-state index in [0.717, 1.165) is 5.69 Å². The van der Waals surface area contributed by atoms with Crippen LogP contribution in [0.15, 0.2) is 17.0 Å². The SMILES string of the molecule is OCc1cnc(Br)nc1Nc1cc(C2CC2)[nH]n1. The summed E-state index contributed by atoms with van der Waals surface area (Å²) in [7, 11) is 0. The molecule has 6 nitrogen and oxygen atoms in total. The van der Waals surface area contributed by atoms with Crippen LogP contribution in [0, 0.1) is 0 Å². The number of halogens is 1. The average Bonchev–Trinajstić information content (AvgIpc) is 3.11. The third-order valence-corrected chi connectivity index (χ3v) is 3.25. The minimum absolute atomic E-state index is 0.116. The van der Waals surface area contributed by atoms with Gasteiger partial charge in [0.05, 0.1) is 6.61 Å². The van der Waals surface area contributed by atoms with Crippen molar-refractivity contribution in [1.29, 1.82) is 0 Å². The molecule has 0 spiro atoms. The lowest BCUT2D eigenvalue weighted by Gasteiger charge is -2.06. The third-order valence-electron chi connectivity index (χ3n) is 2.87. The molecule has 0 unspecified atom stereocenters. The van der Waals surface area contributed by atoms with Gasteiger partial charge in [0.2, 0.25) is 0 Å². The zero-order chi connectivity index (χ0) is 12.5. The van der Waals surface area contributed by atoms with Gasteiger partial charge in [-0.05, 0) is 28.8 Å². The first-order valence-electron chi connectivity index (χ1n) is 5.71. The van der Waals surface area contributed by atoms with E-state index in [1.54, 1.807) is 6.20 Å². The van der Waals surface area contributed by atoms with Crippen molar-refractivity contribution in [3.05, 3.63) is 28.3 Å². The van der Waals surface area contributed by atoms with Gasteiger partial charge in [0.25, 0.3) is 0 Å². The molecule has 0 aromatic carbocycles. The molecule has 0 aliphatic heterocycles. The molecule has 3 N–H and O–H groups in total. The molecular weight excluding hydrogens is 298 g/mol. The van der Waals surface area contributed by atoms with Gasteiger partial charge in [-0.25, -0.2) is 9.97 Å². The molecule has 1 aliphatic rings. The fourth-order valence-corrected chi connectivity index (χ4v) is 2.01. The molecule has 0 bridgehead atoms. The van der Waals surface area contributed by atoms with E-state index in [2.05, 4.69) is 41.4 Å². The second-order valence-electron chi connectivity index (χ2n) is 4.28. The molecule has 0 saturated heterocycles. The zero-order valence-corrected chi connectivity index (χ0v) is 11.1. The molecule has 1 saturated carbocycles. The number of H-pyrrole nitrogens is 1. The highest BCUT2D eigenvalue weighted by atomic mass is 79.9. The quantitative estimate of drug-likeness (QED) is 0.753. The van der Waals surface area contributed by atoms with Gasteiger partial charge in [-0.2, -0.15) is 5.10 Å². The van der Waals surface area contributed by atoms with Crippen molar-refractivity contribution < 1.29 is 5.11 Å². The summed E-state index contributed by atoms with van der Waals surface area (Å²) in [6.07, 6.45) is 4.03. The Morgan fingerprint density at radius 2 is 2.33 bits per heavy atom. The van der Waals surface area contributed by atoms with Gasteiger partial charge in [0.15, 0.2) is 10.6 Å². The second kappa shape index (κ2) is 4.66. The number of aliphatic hydroxyl groups excluding tert-OH is 1. The smallest absolute Gasteiger partial charge is 0.198 e. The molecule has 0 atom stereocenters. The van der Waals surface area contributed by atoms with Gasteiger partial charge in [-0.1, -0.05) is 0 Å². The summed E-state index contributed by atoms with van der Waals surface area (Å²) < 4.78 is 0.472. The van der Waals surface area contributed by atoms with E-state index in [1.165, 1.54) is 12.8 Å². The Kier molecular flexibility index (Phi) is 3.00. The van der Waals surface area contributed by atoms with E-state index in [1.807, 2.05) is 6.07 Å². The van der Waals surface area contributed by atoms with Crippen molar-refractivity contribution in [1.82, 2.24) is 20.2 Å². The first-order valence-corrected chi connectivity index (χ1v) is 6.50. The monoisotopic (exact) mass is 309 g/mol. The number of rotatable bonds is 4. The van der Waals surface area contributed by atoms with Crippen LogP contribution in [0.4, 0.5) is 11.6 Å². The zero-order valence-electron chi connectivity index (χ0n) is 9.52. The van der Waals surface area contributed by atoms with E-state index in [0.29, 0.717) is 27.9 Å². The van der Waals surface area contributed by atoms with E-state index < -0.39 is 0 Å². The number of aromatic amines is 1. The topological polar surface area (TPSA) is 86.7 Å². The molecule has 2 aromatic heterocycles. The Balaban J connectivity index is 1.83. The maximum atomic E-state index is 9.23. The summed E-state index contributed by atoms with van der Waals surface area (Å²) in [5, 5.41) is 19.5. The fourth-order valence-electron chi connectivity index (χ4n) is 1.73. The summed E-state index contributed by atoms with van der Waals surface area (Å²) in [5.41, 5.74) is 1.78. The van der Waals surface area contributed by atoms with Crippen LogP contribution in [-0.2, 0) is 6.61 Å². The third kappa shape index (κ3) is 2.37. The minimum Gasteiger partial charge on any atom is -0.391 e. The lowest BCUT2D eigenvalue weighted by Crippen LogP contribution is -2.01. The molecular formula is C11H12BrN5O. The summed E-state index contributed by atoms with van der Waals surface area (Å²) in [6.45, 7) is -0.116. The summed E-state index contributed by atoms with van der Waals surface area (Å²) in [6, 6.07) is 1.98. The number of anilines is 2. The number of aromatic nitrogens is 4. The van der Waals surface area contributed by atoms with Crippen LogP contribution < -0.4 is 5.32 Å². The minimum atomic E-state index is -0.116. The van der Waals surface area contributed by atoms with E-state index in [-0.39, 0.29) is 6.61 Å². The first-order chi connectivity index (χ1) is 8.76. The highest BCUT2D eigenvalue weighted by Crippen LogP contribution is 2.39. The number of hydrogen-bond donors (Lipinski definition) is 3. The van der Waals surface area contributed by atoms with Crippen LogP contribution in [0.2, 0.25) is 0 Å². The van der Waals surface area contributed by atoms with Gasteiger partial charge >= 0.3 is 0 Å². The predicted molar refractivity (Wildman–Crippen MR) is 69.5 cm³/mol. The van der Waals surface area contributed by atoms with Crippen molar-refractivity contribution in [3.63, 3.8) is 0 Å². The molecule has 0 amide bonds. The maximum Gasteiger partial charge on any atom is 0.198 e. The molecule has 3 rings (SSSR count). The highest BCUT2D eigenvalue weighted by Gasteiger charge is 2.25. The van der Waals surface area contributed by atoms with Crippen molar-refractivity contribution >= 4 is 27.6 Å².